The van der Waals surface area contributed by atoms with E-state index in [1.807, 2.05) is 22.9 Å². The summed E-state index contributed by atoms with van der Waals surface area (Å²) in [7, 11) is 3.14. The molecule has 126 valence electrons. The second-order valence-electron chi connectivity index (χ2n) is 5.30. The number of methoxy groups -OCH3 is 2. The number of nitriles is 1. The second-order valence-corrected chi connectivity index (χ2v) is 5.30. The Balaban J connectivity index is 1.89. The molecule has 1 aromatic heterocycles. The lowest BCUT2D eigenvalue weighted by molar-refractivity contribution is 0.352. The summed E-state index contributed by atoms with van der Waals surface area (Å²) in [4.78, 5) is 4.03. The van der Waals surface area contributed by atoms with Gasteiger partial charge in [0, 0.05) is 25.0 Å². The first-order valence-electron chi connectivity index (χ1n) is 7.62. The van der Waals surface area contributed by atoms with Crippen molar-refractivity contribution in [1.82, 2.24) is 9.55 Å². The van der Waals surface area contributed by atoms with Gasteiger partial charge in [0.2, 0.25) is 0 Å². The van der Waals surface area contributed by atoms with Crippen molar-refractivity contribution in [3.8, 4) is 29.1 Å². The lowest BCUT2D eigenvalue weighted by Gasteiger charge is -2.12. The van der Waals surface area contributed by atoms with E-state index in [9.17, 15) is 5.26 Å². The Labute approximate surface area is 145 Å². The van der Waals surface area contributed by atoms with Crippen molar-refractivity contribution in [2.45, 2.75) is 6.54 Å². The lowest BCUT2D eigenvalue weighted by atomic mass is 10.1. The first kappa shape index (κ1) is 16.4. The molecule has 0 spiro atoms. The van der Waals surface area contributed by atoms with E-state index in [1.54, 1.807) is 51.0 Å². The monoisotopic (exact) mass is 335 g/mol. The molecule has 0 bridgehead atoms. The second kappa shape index (κ2) is 7.41. The van der Waals surface area contributed by atoms with E-state index in [1.165, 1.54) is 0 Å². The van der Waals surface area contributed by atoms with Crippen LogP contribution in [0.5, 0.6) is 23.0 Å². The summed E-state index contributed by atoms with van der Waals surface area (Å²) in [5.74, 6) is 2.23. The van der Waals surface area contributed by atoms with Gasteiger partial charge in [0.1, 0.15) is 17.6 Å². The average molecular weight is 335 g/mol. The summed E-state index contributed by atoms with van der Waals surface area (Å²) in [5, 5.41) is 9.34. The van der Waals surface area contributed by atoms with E-state index in [0.29, 0.717) is 35.1 Å². The molecule has 25 heavy (non-hydrogen) atoms. The molecule has 0 aliphatic rings. The van der Waals surface area contributed by atoms with Gasteiger partial charge in [0.15, 0.2) is 11.5 Å². The van der Waals surface area contributed by atoms with Crippen LogP contribution in [0.25, 0.3) is 0 Å². The molecule has 0 aliphatic carbocycles. The normalized spacial score (nSPS) is 10.1. The van der Waals surface area contributed by atoms with Crippen molar-refractivity contribution < 1.29 is 14.2 Å². The van der Waals surface area contributed by atoms with Crippen LogP contribution in [0.15, 0.2) is 55.1 Å². The zero-order chi connectivity index (χ0) is 17.6. The molecule has 0 radical (unpaired) electrons. The first-order valence-corrected chi connectivity index (χ1v) is 7.62. The maximum atomic E-state index is 9.34. The summed E-state index contributed by atoms with van der Waals surface area (Å²) < 4.78 is 18.4. The van der Waals surface area contributed by atoms with Gasteiger partial charge in [0.05, 0.1) is 26.1 Å². The van der Waals surface area contributed by atoms with Crippen LogP contribution in [0.2, 0.25) is 0 Å². The predicted octanol–water partition coefficient (Wildman–Crippen LogP) is 3.61. The van der Waals surface area contributed by atoms with Gasteiger partial charge >= 0.3 is 0 Å². The average Bonchev–Trinajstić information content (AvgIpc) is 3.15. The third-order valence-corrected chi connectivity index (χ3v) is 3.67. The Bertz CT molecular complexity index is 899. The van der Waals surface area contributed by atoms with E-state index >= 15 is 0 Å². The fourth-order valence-corrected chi connectivity index (χ4v) is 2.44. The smallest absolute Gasteiger partial charge is 0.164 e. The highest BCUT2D eigenvalue weighted by atomic mass is 16.5. The van der Waals surface area contributed by atoms with Crippen LogP contribution in [0, 0.1) is 11.3 Å². The van der Waals surface area contributed by atoms with Gasteiger partial charge in [-0.1, -0.05) is 6.07 Å². The van der Waals surface area contributed by atoms with Crippen molar-refractivity contribution >= 4 is 0 Å². The molecule has 3 rings (SSSR count). The summed E-state index contributed by atoms with van der Waals surface area (Å²) in [5.41, 5.74) is 1.47. The molecular weight excluding hydrogens is 318 g/mol. The standard InChI is InChI=1S/C19H17N3O3/c1-23-17-6-5-16(10-19(17)24-2)25-18-9-14(3-4-15(18)11-20)12-22-8-7-21-13-22/h3-10,13H,12H2,1-2H3. The zero-order valence-electron chi connectivity index (χ0n) is 14.0. The van der Waals surface area contributed by atoms with E-state index in [4.69, 9.17) is 14.2 Å². The molecule has 2 aromatic carbocycles. The van der Waals surface area contributed by atoms with Gasteiger partial charge in [0.25, 0.3) is 0 Å². The molecule has 6 nitrogen and oxygen atoms in total. The Kier molecular flexibility index (Phi) is 4.86. The molecule has 0 atom stereocenters. The van der Waals surface area contributed by atoms with Crippen LogP contribution in [-0.2, 0) is 6.54 Å². The Morgan fingerprint density at radius 3 is 2.56 bits per heavy atom. The highest BCUT2D eigenvalue weighted by molar-refractivity contribution is 5.50. The molecule has 0 saturated carbocycles. The molecule has 6 heteroatoms. The Hall–Kier alpha value is -3.46. The fourth-order valence-electron chi connectivity index (χ4n) is 2.44. The topological polar surface area (TPSA) is 69.3 Å². The number of hydrogen-bond acceptors (Lipinski definition) is 5. The lowest BCUT2D eigenvalue weighted by Crippen LogP contribution is -1.98. The van der Waals surface area contributed by atoms with E-state index in [0.717, 1.165) is 5.56 Å². The largest absolute Gasteiger partial charge is 0.493 e. The molecule has 0 amide bonds. The van der Waals surface area contributed by atoms with Crippen molar-refractivity contribution in [1.29, 1.82) is 5.26 Å². The molecule has 0 aliphatic heterocycles. The third kappa shape index (κ3) is 3.72. The molecule has 0 saturated heterocycles. The first-order chi connectivity index (χ1) is 12.2. The van der Waals surface area contributed by atoms with Crippen molar-refractivity contribution in [3.63, 3.8) is 0 Å². The van der Waals surface area contributed by atoms with Gasteiger partial charge in [-0.05, 0) is 29.8 Å². The number of aromatic nitrogens is 2. The van der Waals surface area contributed by atoms with E-state index in [2.05, 4.69) is 11.1 Å². The number of nitrogens with zero attached hydrogens (tertiary/aromatic N) is 3. The minimum atomic E-state index is 0.462. The van der Waals surface area contributed by atoms with Crippen LogP contribution in [0.1, 0.15) is 11.1 Å². The van der Waals surface area contributed by atoms with Gasteiger partial charge in [-0.15, -0.1) is 0 Å². The highest BCUT2D eigenvalue weighted by Crippen LogP contribution is 2.34. The van der Waals surface area contributed by atoms with Gasteiger partial charge in [-0.25, -0.2) is 4.98 Å². The van der Waals surface area contributed by atoms with Gasteiger partial charge in [-0.2, -0.15) is 5.26 Å². The summed E-state index contributed by atoms with van der Waals surface area (Å²) in [6.07, 6.45) is 5.35. The van der Waals surface area contributed by atoms with E-state index in [-0.39, 0.29) is 0 Å². The maximum absolute atomic E-state index is 9.34. The van der Waals surface area contributed by atoms with Gasteiger partial charge < -0.3 is 18.8 Å². The molecule has 0 N–H and O–H groups in total. The van der Waals surface area contributed by atoms with E-state index < -0.39 is 0 Å². The minimum Gasteiger partial charge on any atom is -0.493 e. The summed E-state index contributed by atoms with van der Waals surface area (Å²) >= 11 is 0. The molecule has 1 heterocycles. The number of rotatable bonds is 6. The van der Waals surface area contributed by atoms with Crippen LogP contribution < -0.4 is 14.2 Å². The SMILES string of the molecule is COc1ccc(Oc2cc(Cn3ccnc3)ccc2C#N)cc1OC. The number of hydrogen-bond donors (Lipinski definition) is 0. The van der Waals surface area contributed by atoms with Crippen LogP contribution in [0.4, 0.5) is 0 Å². The Morgan fingerprint density at radius 1 is 1.04 bits per heavy atom. The number of ether oxygens (including phenoxy) is 3. The molecule has 0 unspecified atom stereocenters. The number of benzene rings is 2. The molecule has 3 aromatic rings. The summed E-state index contributed by atoms with van der Waals surface area (Å²) in [6, 6.07) is 12.9. The molecule has 0 fully saturated rings. The predicted molar refractivity (Wildman–Crippen MR) is 92.1 cm³/mol. The minimum absolute atomic E-state index is 0.462. The maximum Gasteiger partial charge on any atom is 0.164 e. The quantitative estimate of drug-likeness (QED) is 0.688. The number of imidazole rings is 1. The van der Waals surface area contributed by atoms with Crippen molar-refractivity contribution in [2.75, 3.05) is 14.2 Å². The van der Waals surface area contributed by atoms with Gasteiger partial charge in [-0.3, -0.25) is 0 Å². The van der Waals surface area contributed by atoms with Crippen molar-refractivity contribution in [3.05, 3.63) is 66.2 Å². The van der Waals surface area contributed by atoms with Crippen LogP contribution in [-0.4, -0.2) is 23.8 Å². The third-order valence-electron chi connectivity index (χ3n) is 3.67. The van der Waals surface area contributed by atoms with Crippen LogP contribution in [0.3, 0.4) is 0 Å². The highest BCUT2D eigenvalue weighted by Gasteiger charge is 2.10. The Morgan fingerprint density at radius 2 is 1.88 bits per heavy atom. The summed E-state index contributed by atoms with van der Waals surface area (Å²) in [6.45, 7) is 0.647. The van der Waals surface area contributed by atoms with Crippen LogP contribution >= 0.6 is 0 Å². The molecular formula is C19H17N3O3. The van der Waals surface area contributed by atoms with Crippen molar-refractivity contribution in [2.24, 2.45) is 0 Å². The zero-order valence-corrected chi connectivity index (χ0v) is 14.0. The fraction of sp³-hybridized carbons (Fsp3) is 0.158.